The molecule has 4 heterocycles. The number of halogens is 1. The topological polar surface area (TPSA) is 127 Å². The van der Waals surface area contributed by atoms with Crippen LogP contribution in [-0.2, 0) is 29.5 Å². The number of anilines is 1. The molecule has 11 nitrogen and oxygen atoms in total. The van der Waals surface area contributed by atoms with Crippen molar-refractivity contribution in [3.63, 3.8) is 0 Å². The van der Waals surface area contributed by atoms with Gasteiger partial charge in [-0.15, -0.1) is 0 Å². The van der Waals surface area contributed by atoms with E-state index in [4.69, 9.17) is 36.5 Å². The van der Waals surface area contributed by atoms with Gasteiger partial charge in [-0.25, -0.2) is 4.79 Å². The Morgan fingerprint density at radius 3 is 2.77 bits per heavy atom. The average Bonchev–Trinajstić information content (AvgIpc) is 3.50. The van der Waals surface area contributed by atoms with Gasteiger partial charge >= 0.3 is 12.0 Å². The Kier molecular flexibility index (Phi) is 7.55. The molecule has 12 heteroatoms. The summed E-state index contributed by atoms with van der Waals surface area (Å²) in [5, 5.41) is 0.600. The number of carbonyl (C=O) groups is 1. The minimum atomic E-state index is -1.13. The van der Waals surface area contributed by atoms with Gasteiger partial charge in [-0.2, -0.15) is 9.97 Å². The molecule has 2 atom stereocenters. The maximum atomic E-state index is 13.9. The lowest BCUT2D eigenvalue weighted by atomic mass is 9.99. The molecular formula is C31H35ClN6O5. The summed E-state index contributed by atoms with van der Waals surface area (Å²) in [6, 6.07) is 12.9. The van der Waals surface area contributed by atoms with Gasteiger partial charge in [-0.1, -0.05) is 35.9 Å². The first-order valence-electron chi connectivity index (χ1n) is 14.4. The molecule has 0 bridgehead atoms. The molecule has 0 amide bonds. The largest absolute Gasteiger partial charge is 0.475 e. The van der Waals surface area contributed by atoms with Gasteiger partial charge in [-0.05, 0) is 56.9 Å². The minimum Gasteiger partial charge on any atom is -0.475 e. The summed E-state index contributed by atoms with van der Waals surface area (Å²) in [6.07, 6.45) is 1.98. The second kappa shape index (κ2) is 11.2. The van der Waals surface area contributed by atoms with Crippen LogP contribution in [0, 0.1) is 0 Å². The second-order valence-electron chi connectivity index (χ2n) is 11.7. The van der Waals surface area contributed by atoms with Crippen molar-refractivity contribution >= 4 is 34.7 Å². The van der Waals surface area contributed by atoms with E-state index in [0.29, 0.717) is 47.5 Å². The first kappa shape index (κ1) is 29.0. The zero-order valence-corrected chi connectivity index (χ0v) is 25.4. The predicted molar refractivity (Wildman–Crippen MR) is 163 cm³/mol. The fourth-order valence-electron chi connectivity index (χ4n) is 5.64. The molecule has 2 aliphatic heterocycles. The molecule has 1 saturated heterocycles. The fourth-order valence-corrected chi connectivity index (χ4v) is 5.84. The molecule has 0 radical (unpaired) electrons. The molecule has 4 aromatic rings. The molecule has 226 valence electrons. The molecule has 1 fully saturated rings. The van der Waals surface area contributed by atoms with E-state index >= 15 is 0 Å². The summed E-state index contributed by atoms with van der Waals surface area (Å²) in [4.78, 5) is 38.1. The normalized spacial score (nSPS) is 19.9. The van der Waals surface area contributed by atoms with E-state index in [0.717, 1.165) is 30.5 Å². The highest BCUT2D eigenvalue weighted by Gasteiger charge is 2.44. The summed E-state index contributed by atoms with van der Waals surface area (Å²) >= 11 is 6.52. The number of hydrogen-bond acceptors (Lipinski definition) is 9. The molecule has 1 unspecified atom stereocenters. The molecule has 6 rings (SSSR count). The highest BCUT2D eigenvalue weighted by Crippen LogP contribution is 2.39. The number of piperidine rings is 1. The highest BCUT2D eigenvalue weighted by atomic mass is 35.5. The Morgan fingerprint density at radius 2 is 2.02 bits per heavy atom. The third-order valence-corrected chi connectivity index (χ3v) is 8.21. The Morgan fingerprint density at radius 1 is 1.23 bits per heavy atom. The Bertz CT molecular complexity index is 1770. The van der Waals surface area contributed by atoms with E-state index < -0.39 is 11.6 Å². The maximum absolute atomic E-state index is 13.9. The van der Waals surface area contributed by atoms with Gasteiger partial charge in [0.25, 0.3) is 5.56 Å². The van der Waals surface area contributed by atoms with Gasteiger partial charge < -0.3 is 24.8 Å². The highest BCUT2D eigenvalue weighted by molar-refractivity contribution is 6.31. The minimum absolute atomic E-state index is 0.00752. The zero-order chi connectivity index (χ0) is 30.5. The van der Waals surface area contributed by atoms with Crippen LogP contribution in [-0.4, -0.2) is 55.9 Å². The average molecular weight is 607 g/mol. The lowest BCUT2D eigenvalue weighted by molar-refractivity contribution is -0.163. The number of imidazole rings is 1. The van der Waals surface area contributed by atoms with Crippen LogP contribution in [0.15, 0.2) is 47.3 Å². The van der Waals surface area contributed by atoms with Crippen molar-refractivity contribution in [1.82, 2.24) is 19.1 Å². The number of rotatable bonds is 7. The molecule has 0 saturated carbocycles. The van der Waals surface area contributed by atoms with Crippen LogP contribution in [0.25, 0.3) is 11.2 Å². The number of nitrogens with two attached hydrogens (primary N) is 1. The number of hydrogen-bond donors (Lipinski definition) is 1. The predicted octanol–water partition coefficient (Wildman–Crippen LogP) is 4.20. The van der Waals surface area contributed by atoms with Crippen molar-refractivity contribution in [3.8, 4) is 17.5 Å². The van der Waals surface area contributed by atoms with Crippen molar-refractivity contribution < 1.29 is 19.0 Å². The number of aromatic nitrogens is 4. The van der Waals surface area contributed by atoms with Gasteiger partial charge in [0, 0.05) is 43.7 Å². The fraction of sp³-hybridized carbons (Fsp3) is 0.419. The van der Waals surface area contributed by atoms with E-state index in [1.807, 2.05) is 34.9 Å². The van der Waals surface area contributed by atoms with E-state index in [2.05, 4.69) is 9.88 Å². The third-order valence-electron chi connectivity index (χ3n) is 7.84. The van der Waals surface area contributed by atoms with Crippen LogP contribution in [0.5, 0.6) is 17.5 Å². The number of esters is 1. The van der Waals surface area contributed by atoms with Crippen LogP contribution in [0.4, 0.5) is 5.95 Å². The lowest BCUT2D eigenvalue weighted by Gasteiger charge is -2.31. The maximum Gasteiger partial charge on any atom is 0.350 e. The number of carbonyl (C=O) groups excluding carboxylic acids is 1. The first-order chi connectivity index (χ1) is 20.5. The smallest absolute Gasteiger partial charge is 0.350 e. The molecular weight excluding hydrogens is 572 g/mol. The van der Waals surface area contributed by atoms with Gasteiger partial charge in [0.2, 0.25) is 11.5 Å². The van der Waals surface area contributed by atoms with Gasteiger partial charge in [-0.3, -0.25) is 13.9 Å². The number of benzene rings is 2. The van der Waals surface area contributed by atoms with E-state index in [1.54, 1.807) is 40.0 Å². The summed E-state index contributed by atoms with van der Waals surface area (Å²) in [7, 11) is 1.61. The van der Waals surface area contributed by atoms with Crippen LogP contribution in [0.2, 0.25) is 5.02 Å². The molecule has 0 aliphatic carbocycles. The quantitative estimate of drug-likeness (QED) is 0.308. The van der Waals surface area contributed by atoms with Crippen molar-refractivity contribution in [2.24, 2.45) is 12.8 Å². The van der Waals surface area contributed by atoms with Crippen LogP contribution < -0.4 is 25.7 Å². The van der Waals surface area contributed by atoms with Gasteiger partial charge in [0.1, 0.15) is 11.5 Å². The Labute approximate surface area is 254 Å². The molecule has 2 aliphatic rings. The Hall–Kier alpha value is -4.09. The second-order valence-corrected chi connectivity index (χ2v) is 12.1. The SMILES string of the molecule is CC(C)OC(=O)C1(C)Cc2ccc(Oc3nc4nc(N5CCC[C@@H](N)C5)n(Cc5ccccc5Cl)c4c(=O)n3C)cc2O1. The van der Waals surface area contributed by atoms with Crippen LogP contribution >= 0.6 is 11.6 Å². The molecule has 43 heavy (non-hydrogen) atoms. The van der Waals surface area contributed by atoms with Crippen LogP contribution in [0.1, 0.15) is 44.7 Å². The monoisotopic (exact) mass is 606 g/mol. The summed E-state index contributed by atoms with van der Waals surface area (Å²) < 4.78 is 20.8. The van der Waals surface area contributed by atoms with Crippen molar-refractivity contribution in [2.75, 3.05) is 18.0 Å². The van der Waals surface area contributed by atoms with Gasteiger partial charge in [0.05, 0.1) is 12.6 Å². The Balaban J connectivity index is 1.36. The molecule has 2 aromatic carbocycles. The van der Waals surface area contributed by atoms with Crippen LogP contribution in [0.3, 0.4) is 0 Å². The van der Waals surface area contributed by atoms with E-state index in [-0.39, 0.29) is 29.4 Å². The van der Waals surface area contributed by atoms with E-state index in [1.165, 1.54) is 4.57 Å². The lowest BCUT2D eigenvalue weighted by Crippen LogP contribution is -2.44. The summed E-state index contributed by atoms with van der Waals surface area (Å²) in [5.41, 5.74) is 7.19. The zero-order valence-electron chi connectivity index (χ0n) is 24.7. The summed E-state index contributed by atoms with van der Waals surface area (Å²) in [6.45, 7) is 7.04. The number of ether oxygens (including phenoxy) is 3. The number of nitrogens with zero attached hydrogens (tertiary/aromatic N) is 5. The number of fused-ring (bicyclic) bond motifs is 2. The molecule has 0 spiro atoms. The standard InChI is InChI=1S/C31H35ClN6O5/c1-18(2)41-28(40)31(3)15-19-11-12-22(14-24(19)43-31)42-30-35-26-25(27(39)36(30)4)38(16-20-8-5-6-10-23(20)32)29(34-26)37-13-7-9-21(33)17-37/h5-6,8,10-12,14,18,21H,7,9,13,15-17,33H2,1-4H3/t21-,31?/m1/s1. The van der Waals surface area contributed by atoms with Gasteiger partial charge in [0.15, 0.2) is 11.2 Å². The third kappa shape index (κ3) is 5.54. The molecule has 2 aromatic heterocycles. The van der Waals surface area contributed by atoms with Crippen molar-refractivity contribution in [3.05, 3.63) is 69.0 Å². The van der Waals surface area contributed by atoms with Crippen molar-refractivity contribution in [1.29, 1.82) is 0 Å². The summed E-state index contributed by atoms with van der Waals surface area (Å²) in [5.74, 6) is 1.11. The first-order valence-corrected chi connectivity index (χ1v) is 14.8. The molecule has 2 N–H and O–H groups in total. The van der Waals surface area contributed by atoms with Crippen molar-refractivity contribution in [2.45, 2.75) is 64.3 Å². The van der Waals surface area contributed by atoms with E-state index in [9.17, 15) is 9.59 Å².